The first kappa shape index (κ1) is 71.5. The number of nitrogens with one attached hydrogen (secondary N) is 1. The molecule has 0 aromatic rings. The molecule has 8 nitrogen and oxygen atoms in total. The fourth-order valence-electron chi connectivity index (χ4n) is 10.3. The van der Waals surface area contributed by atoms with Crippen molar-refractivity contribution in [3.05, 3.63) is 0 Å². The van der Waals surface area contributed by atoms with E-state index in [-0.39, 0.29) is 19.1 Å². The quantitative estimate of drug-likeness (QED) is 0.0357. The van der Waals surface area contributed by atoms with Crippen molar-refractivity contribution < 1.29 is 32.9 Å². The van der Waals surface area contributed by atoms with Gasteiger partial charge in [0.1, 0.15) is 13.2 Å². The standard InChI is InChI=1S/C63H129N2O6P/c1-6-8-10-12-14-16-18-20-22-24-25-26-27-28-29-30-31-32-33-34-35-36-37-38-39-40-41-43-45-47-49-51-53-55-57-63(67)64-61(60-71-72(68,69)70-59-58-65(3,4)5)62(66)56-54-52-50-48-46-44-42-23-21-19-17-15-13-11-9-7-2/h61-62,66H,6-60H2,1-5H3,(H-,64,67,68,69)/t61-,62+/m0/s1. The minimum atomic E-state index is -4.57. The van der Waals surface area contributed by atoms with Gasteiger partial charge in [-0.25, -0.2) is 0 Å². The molecule has 432 valence electrons. The van der Waals surface area contributed by atoms with Crippen molar-refractivity contribution in [3.63, 3.8) is 0 Å². The van der Waals surface area contributed by atoms with Gasteiger partial charge in [0.2, 0.25) is 5.91 Å². The summed E-state index contributed by atoms with van der Waals surface area (Å²) in [6.45, 7) is 4.78. The number of aliphatic hydroxyl groups is 1. The van der Waals surface area contributed by atoms with Crippen molar-refractivity contribution >= 4 is 13.7 Å². The van der Waals surface area contributed by atoms with Crippen LogP contribution in [0.3, 0.4) is 0 Å². The highest BCUT2D eigenvalue weighted by molar-refractivity contribution is 7.45. The first-order chi connectivity index (χ1) is 35.0. The highest BCUT2D eigenvalue weighted by atomic mass is 31.2. The monoisotopic (exact) mass is 1040 g/mol. The van der Waals surface area contributed by atoms with Gasteiger partial charge < -0.3 is 28.8 Å². The van der Waals surface area contributed by atoms with Gasteiger partial charge >= 0.3 is 0 Å². The largest absolute Gasteiger partial charge is 0.756 e. The van der Waals surface area contributed by atoms with Crippen LogP contribution < -0.4 is 10.2 Å². The maximum atomic E-state index is 13.0. The highest BCUT2D eigenvalue weighted by Gasteiger charge is 2.24. The summed E-state index contributed by atoms with van der Waals surface area (Å²) in [4.78, 5) is 25.6. The summed E-state index contributed by atoms with van der Waals surface area (Å²) < 4.78 is 23.5. The van der Waals surface area contributed by atoms with Crippen molar-refractivity contribution in [1.82, 2.24) is 5.32 Å². The van der Waals surface area contributed by atoms with Crippen LogP contribution in [-0.2, 0) is 18.4 Å². The van der Waals surface area contributed by atoms with Crippen molar-refractivity contribution in [2.45, 2.75) is 360 Å². The zero-order valence-corrected chi connectivity index (χ0v) is 50.3. The summed E-state index contributed by atoms with van der Waals surface area (Å²) in [5, 5.41) is 14.0. The van der Waals surface area contributed by atoms with Gasteiger partial charge in [-0.05, 0) is 12.8 Å². The molecule has 1 unspecified atom stereocenters. The number of carbonyl (C=O) groups excluding carboxylic acids is 1. The molecule has 72 heavy (non-hydrogen) atoms. The van der Waals surface area contributed by atoms with Gasteiger partial charge in [0.05, 0.1) is 39.9 Å². The van der Waals surface area contributed by atoms with Crippen molar-refractivity contribution in [2.24, 2.45) is 0 Å². The summed E-state index contributed by atoms with van der Waals surface area (Å²) in [6.07, 6.45) is 67.4. The molecule has 2 N–H and O–H groups in total. The number of hydrogen-bond donors (Lipinski definition) is 2. The number of phosphoric ester groups is 1. The number of hydrogen-bond acceptors (Lipinski definition) is 6. The smallest absolute Gasteiger partial charge is 0.268 e. The molecule has 0 rings (SSSR count). The lowest BCUT2D eigenvalue weighted by molar-refractivity contribution is -0.870. The molecule has 0 aliphatic carbocycles. The number of carbonyl (C=O) groups is 1. The summed E-state index contributed by atoms with van der Waals surface area (Å²) in [5.41, 5.74) is 0. The number of quaternary nitrogens is 1. The van der Waals surface area contributed by atoms with E-state index in [1.165, 1.54) is 283 Å². The molecule has 0 saturated carbocycles. The third-order valence-corrected chi connectivity index (χ3v) is 16.3. The Kier molecular flexibility index (Phi) is 54.9. The van der Waals surface area contributed by atoms with E-state index in [1.54, 1.807) is 0 Å². The first-order valence-corrected chi connectivity index (χ1v) is 33.8. The van der Waals surface area contributed by atoms with Gasteiger partial charge in [-0.2, -0.15) is 0 Å². The Morgan fingerprint density at radius 1 is 0.431 bits per heavy atom. The average Bonchev–Trinajstić information content (AvgIpc) is 3.34. The fourth-order valence-corrected chi connectivity index (χ4v) is 11.0. The van der Waals surface area contributed by atoms with E-state index in [0.717, 1.165) is 38.5 Å². The van der Waals surface area contributed by atoms with Crippen LogP contribution in [-0.4, -0.2) is 68.5 Å². The van der Waals surface area contributed by atoms with Crippen LogP contribution in [0.25, 0.3) is 0 Å². The molecule has 0 bridgehead atoms. The van der Waals surface area contributed by atoms with E-state index in [0.29, 0.717) is 23.9 Å². The van der Waals surface area contributed by atoms with Gasteiger partial charge in [-0.15, -0.1) is 0 Å². The third-order valence-electron chi connectivity index (χ3n) is 15.3. The summed E-state index contributed by atoms with van der Waals surface area (Å²) in [6, 6.07) is -0.795. The molecule has 1 amide bonds. The van der Waals surface area contributed by atoms with E-state index in [9.17, 15) is 19.4 Å². The van der Waals surface area contributed by atoms with Gasteiger partial charge in [-0.1, -0.05) is 328 Å². The van der Waals surface area contributed by atoms with Crippen LogP contribution in [0.1, 0.15) is 348 Å². The lowest BCUT2D eigenvalue weighted by Gasteiger charge is -2.30. The van der Waals surface area contributed by atoms with Gasteiger partial charge in [-0.3, -0.25) is 9.36 Å². The molecule has 0 radical (unpaired) electrons. The van der Waals surface area contributed by atoms with Crippen molar-refractivity contribution in [2.75, 3.05) is 40.9 Å². The Labute approximate surface area is 450 Å². The van der Waals surface area contributed by atoms with E-state index >= 15 is 0 Å². The maximum Gasteiger partial charge on any atom is 0.268 e. The second-order valence-corrected chi connectivity index (χ2v) is 25.3. The number of rotatable bonds is 61. The average molecular weight is 1040 g/mol. The Bertz CT molecular complexity index is 1140. The minimum absolute atomic E-state index is 0.0167. The Morgan fingerprint density at radius 3 is 0.944 bits per heavy atom. The van der Waals surface area contributed by atoms with Crippen LogP contribution in [0.15, 0.2) is 0 Å². The summed E-state index contributed by atoms with van der Waals surface area (Å²) >= 11 is 0. The number of amides is 1. The molecule has 0 aromatic heterocycles. The second kappa shape index (κ2) is 55.3. The molecule has 0 aliphatic heterocycles. The second-order valence-electron chi connectivity index (χ2n) is 23.8. The number of likely N-dealkylation sites (N-methyl/N-ethyl adjacent to an activating group) is 1. The number of aliphatic hydroxyl groups excluding tert-OH is 1. The van der Waals surface area contributed by atoms with Crippen LogP contribution in [0, 0.1) is 0 Å². The van der Waals surface area contributed by atoms with Crippen molar-refractivity contribution in [1.29, 1.82) is 0 Å². The maximum absolute atomic E-state index is 13.0. The highest BCUT2D eigenvalue weighted by Crippen LogP contribution is 2.38. The zero-order chi connectivity index (χ0) is 52.7. The van der Waals surface area contributed by atoms with E-state index in [1.807, 2.05) is 21.1 Å². The molecule has 0 fully saturated rings. The molecule has 0 saturated heterocycles. The molecule has 0 aromatic carbocycles. The van der Waals surface area contributed by atoms with Gasteiger partial charge in [0, 0.05) is 6.42 Å². The lowest BCUT2D eigenvalue weighted by Crippen LogP contribution is -2.46. The molecular weight excluding hydrogens is 912 g/mol. The number of phosphoric acid groups is 1. The van der Waals surface area contributed by atoms with Crippen molar-refractivity contribution in [3.8, 4) is 0 Å². The molecule has 9 heteroatoms. The number of nitrogens with zero attached hydrogens (tertiary/aromatic N) is 1. The Balaban J connectivity index is 3.91. The van der Waals surface area contributed by atoms with Crippen LogP contribution in [0.5, 0.6) is 0 Å². The molecule has 0 heterocycles. The Hall–Kier alpha value is -0.500. The van der Waals surface area contributed by atoms with E-state index in [4.69, 9.17) is 9.05 Å². The topological polar surface area (TPSA) is 108 Å². The Morgan fingerprint density at radius 2 is 0.681 bits per heavy atom. The minimum Gasteiger partial charge on any atom is -0.756 e. The van der Waals surface area contributed by atoms with Crippen LogP contribution in [0.2, 0.25) is 0 Å². The predicted molar refractivity (Wildman–Crippen MR) is 312 cm³/mol. The van der Waals surface area contributed by atoms with Crippen LogP contribution in [0.4, 0.5) is 0 Å². The predicted octanol–water partition coefficient (Wildman–Crippen LogP) is 19.4. The molecular formula is C63H129N2O6P. The van der Waals surface area contributed by atoms with E-state index in [2.05, 4.69) is 19.2 Å². The lowest BCUT2D eigenvalue weighted by atomic mass is 10.0. The zero-order valence-electron chi connectivity index (χ0n) is 49.4. The SMILES string of the molecule is CCCCCCCCCCCCCCCCCCCCCCCCCCCCCCCCCCCCC(=O)N[C@@H](COP(=O)([O-])OCC[N+](C)(C)C)[C@H](O)CCCCCCCCCCCCCCCCCC. The fraction of sp³-hybridized carbons (Fsp3) is 0.984. The van der Waals surface area contributed by atoms with Crippen LogP contribution >= 0.6 is 7.82 Å². The van der Waals surface area contributed by atoms with Gasteiger partial charge in [0.25, 0.3) is 7.82 Å². The summed E-state index contributed by atoms with van der Waals surface area (Å²) in [5.74, 6) is -0.155. The third kappa shape index (κ3) is 57.2. The molecule has 0 spiro atoms. The van der Waals surface area contributed by atoms with E-state index < -0.39 is 20.0 Å². The summed E-state index contributed by atoms with van der Waals surface area (Å²) in [7, 11) is 1.33. The molecule has 0 aliphatic rings. The molecule has 3 atom stereocenters. The number of unbranched alkanes of at least 4 members (excludes halogenated alkanes) is 48. The first-order valence-electron chi connectivity index (χ1n) is 32.4. The normalized spacial score (nSPS) is 13.7. The van der Waals surface area contributed by atoms with Gasteiger partial charge in [0.15, 0.2) is 0 Å².